The van der Waals surface area contributed by atoms with Crippen LogP contribution in [-0.4, -0.2) is 22.0 Å². The van der Waals surface area contributed by atoms with Crippen molar-refractivity contribution in [3.8, 4) is 0 Å². The number of hydrogen-bond donors (Lipinski definition) is 2. The normalized spacial score (nSPS) is 12.5. The number of carbonyl (C=O) groups excluding carboxylic acids is 1. The highest BCUT2D eigenvalue weighted by atomic mass is 19.4. The molecule has 6 nitrogen and oxygen atoms in total. The third kappa shape index (κ3) is 4.14. The summed E-state index contributed by atoms with van der Waals surface area (Å²) in [5, 5.41) is 23.3. The predicted molar refractivity (Wildman–Crippen MR) is 82.5 cm³/mol. The van der Waals surface area contributed by atoms with Crippen molar-refractivity contribution in [3.05, 3.63) is 68.3 Å². The summed E-state index contributed by atoms with van der Waals surface area (Å²) in [6.07, 6.45) is -6.34. The van der Waals surface area contributed by atoms with Gasteiger partial charge in [0.15, 0.2) is 0 Å². The van der Waals surface area contributed by atoms with Crippen LogP contribution in [-0.2, 0) is 11.0 Å². The maximum absolute atomic E-state index is 12.6. The second-order valence-corrected chi connectivity index (χ2v) is 5.35. The zero-order chi connectivity index (χ0) is 19.6. The van der Waals surface area contributed by atoms with Crippen molar-refractivity contribution in [3.63, 3.8) is 0 Å². The molecule has 0 bridgehead atoms. The highest BCUT2D eigenvalue weighted by Gasteiger charge is 2.38. The summed E-state index contributed by atoms with van der Waals surface area (Å²) in [6.45, 7) is 1.13. The van der Waals surface area contributed by atoms with Crippen LogP contribution in [0.4, 0.5) is 28.9 Å². The number of anilines is 1. The van der Waals surface area contributed by atoms with Gasteiger partial charge in [0.2, 0.25) is 0 Å². The van der Waals surface area contributed by atoms with Gasteiger partial charge in [-0.05, 0) is 30.3 Å². The van der Waals surface area contributed by atoms with E-state index in [4.69, 9.17) is 5.11 Å². The number of benzene rings is 2. The van der Waals surface area contributed by atoms with Gasteiger partial charge in [-0.25, -0.2) is 4.39 Å². The second kappa shape index (κ2) is 7.08. The molecule has 1 unspecified atom stereocenters. The van der Waals surface area contributed by atoms with E-state index in [0.717, 1.165) is 23.4 Å². The van der Waals surface area contributed by atoms with Gasteiger partial charge in [-0.15, -0.1) is 0 Å². The van der Waals surface area contributed by atoms with Crippen LogP contribution >= 0.6 is 0 Å². The van der Waals surface area contributed by atoms with Crippen molar-refractivity contribution in [1.29, 1.82) is 0 Å². The number of alkyl halides is 3. The number of nitrogens with zero attached hydrogens (tertiary/aromatic N) is 1. The smallest absolute Gasteiger partial charge is 0.384 e. The molecule has 1 aromatic rings. The van der Waals surface area contributed by atoms with Crippen molar-refractivity contribution in [1.82, 2.24) is 0 Å². The Morgan fingerprint density at radius 1 is 1.23 bits per heavy atom. The summed E-state index contributed by atoms with van der Waals surface area (Å²) >= 11 is 0. The summed E-state index contributed by atoms with van der Waals surface area (Å²) < 4.78 is 49.8. The number of nitro benzene ring substituents is 1. The van der Waals surface area contributed by atoms with E-state index in [1.54, 1.807) is 6.07 Å². The first-order chi connectivity index (χ1) is 12.0. The van der Waals surface area contributed by atoms with Gasteiger partial charge in [0.1, 0.15) is 17.5 Å². The number of halogens is 4. The van der Waals surface area contributed by atoms with Crippen LogP contribution in [0.25, 0.3) is 0 Å². The molecule has 1 atom stereocenters. The van der Waals surface area contributed by atoms with Crippen molar-refractivity contribution in [2.24, 2.45) is 0 Å². The SMILES string of the molecule is CC(O)C(=O)Nc1ccc([N+](=O)[O-])c(C(F)(F)F)c1.Fc1cc2ccc1=2. The Morgan fingerprint density at radius 3 is 2.19 bits per heavy atom. The fraction of sp³-hybridized carbons (Fsp3) is 0.188. The molecule has 0 aromatic heterocycles. The molecule has 1 amide bonds. The molecule has 0 spiro atoms. The van der Waals surface area contributed by atoms with Crippen LogP contribution in [0.1, 0.15) is 12.5 Å². The lowest BCUT2D eigenvalue weighted by Crippen LogP contribution is -2.24. The van der Waals surface area contributed by atoms with E-state index in [1.807, 2.05) is 11.4 Å². The molecular formula is C16H12F4N2O4. The number of amides is 1. The summed E-state index contributed by atoms with van der Waals surface area (Å²) in [4.78, 5) is 20.4. The van der Waals surface area contributed by atoms with Crippen LogP contribution in [0.5, 0.6) is 0 Å². The molecule has 138 valence electrons. The van der Waals surface area contributed by atoms with Crippen LogP contribution in [0.3, 0.4) is 0 Å². The van der Waals surface area contributed by atoms with Crippen LogP contribution < -0.4 is 5.32 Å². The fourth-order valence-corrected chi connectivity index (χ4v) is 1.99. The minimum Gasteiger partial charge on any atom is -0.384 e. The maximum Gasteiger partial charge on any atom is 0.423 e. The number of nitrogens with one attached hydrogen (secondary N) is 1. The van der Waals surface area contributed by atoms with E-state index in [2.05, 4.69) is 0 Å². The number of rotatable bonds is 3. The van der Waals surface area contributed by atoms with Gasteiger partial charge in [0.05, 0.1) is 4.92 Å². The van der Waals surface area contributed by atoms with Crippen molar-refractivity contribution in [2.45, 2.75) is 19.2 Å². The van der Waals surface area contributed by atoms with Gasteiger partial charge >= 0.3 is 6.18 Å². The van der Waals surface area contributed by atoms with Gasteiger partial charge in [-0.1, -0.05) is 12.1 Å². The molecule has 0 saturated carbocycles. The molecule has 10 heteroatoms. The minimum atomic E-state index is -4.92. The summed E-state index contributed by atoms with van der Waals surface area (Å²) in [5.41, 5.74) is -2.87. The lowest BCUT2D eigenvalue weighted by molar-refractivity contribution is -0.388. The highest BCUT2D eigenvalue weighted by Crippen LogP contribution is 2.37. The second-order valence-electron chi connectivity index (χ2n) is 5.35. The predicted octanol–water partition coefficient (Wildman–Crippen LogP) is 3.36. The topological polar surface area (TPSA) is 92.5 Å². The summed E-state index contributed by atoms with van der Waals surface area (Å²) in [6, 6.07) is 7.25. The standard InChI is InChI=1S/C10H9F3N2O4.C6H3F/c1-5(16)9(17)14-6-2-3-8(15(18)19)7(4-6)10(11,12)13;7-6-3-4-1-2-5(4)6/h2-5,16H,1H3,(H,14,17);1-3H. The van der Waals surface area contributed by atoms with E-state index in [-0.39, 0.29) is 11.5 Å². The van der Waals surface area contributed by atoms with Gasteiger partial charge in [-0.3, -0.25) is 14.9 Å². The van der Waals surface area contributed by atoms with E-state index < -0.39 is 34.4 Å². The van der Waals surface area contributed by atoms with Gasteiger partial charge in [0, 0.05) is 17.0 Å². The van der Waals surface area contributed by atoms with E-state index in [0.29, 0.717) is 12.1 Å². The first-order valence-corrected chi connectivity index (χ1v) is 7.15. The minimum absolute atomic E-state index is 0.0579. The quantitative estimate of drug-likeness (QED) is 0.419. The molecule has 2 N–H and O–H groups in total. The maximum atomic E-state index is 12.6. The molecule has 0 heterocycles. The molecule has 1 aromatic carbocycles. The monoisotopic (exact) mass is 372 g/mol. The Hall–Kier alpha value is -3.01. The van der Waals surface area contributed by atoms with Crippen LogP contribution in [0.2, 0.25) is 0 Å². The van der Waals surface area contributed by atoms with Crippen molar-refractivity contribution >= 4 is 17.3 Å². The molecule has 0 fully saturated rings. The number of aliphatic hydroxyl groups excluding tert-OH is 1. The van der Waals surface area contributed by atoms with E-state index >= 15 is 0 Å². The van der Waals surface area contributed by atoms with Crippen molar-refractivity contribution < 1.29 is 32.4 Å². The van der Waals surface area contributed by atoms with Crippen molar-refractivity contribution in [2.75, 3.05) is 5.32 Å². The number of carbonyl (C=O) groups is 1. The fourth-order valence-electron chi connectivity index (χ4n) is 1.99. The summed E-state index contributed by atoms with van der Waals surface area (Å²) in [5.74, 6) is -0.973. The van der Waals surface area contributed by atoms with Crippen LogP contribution in [0, 0.1) is 26.4 Å². The van der Waals surface area contributed by atoms with Gasteiger partial charge < -0.3 is 10.4 Å². The molecule has 2 aliphatic rings. The number of aliphatic hydroxyl groups is 1. The number of nitro groups is 1. The molecule has 0 radical (unpaired) electrons. The molecule has 3 rings (SSSR count). The van der Waals surface area contributed by atoms with E-state index in [9.17, 15) is 32.5 Å². The van der Waals surface area contributed by atoms with E-state index in [1.165, 1.54) is 6.07 Å². The third-order valence-electron chi connectivity index (χ3n) is 3.43. The Balaban J connectivity index is 0.000000282. The molecule has 26 heavy (non-hydrogen) atoms. The molecule has 2 aliphatic carbocycles. The first kappa shape index (κ1) is 19.3. The molecule has 0 aliphatic heterocycles. The first-order valence-electron chi connectivity index (χ1n) is 7.15. The van der Waals surface area contributed by atoms with Crippen LogP contribution in [0.15, 0.2) is 36.4 Å². The Labute approximate surface area is 143 Å². The lowest BCUT2D eigenvalue weighted by Gasteiger charge is -2.11. The summed E-state index contributed by atoms with van der Waals surface area (Å²) in [7, 11) is 0. The Bertz CT molecular complexity index is 958. The largest absolute Gasteiger partial charge is 0.423 e. The zero-order valence-corrected chi connectivity index (χ0v) is 13.2. The highest BCUT2D eigenvalue weighted by molar-refractivity contribution is 5.93. The Morgan fingerprint density at radius 2 is 1.88 bits per heavy atom. The molecule has 0 saturated heterocycles. The average molecular weight is 372 g/mol. The number of hydrogen-bond acceptors (Lipinski definition) is 4. The molecular weight excluding hydrogens is 360 g/mol. The lowest BCUT2D eigenvalue weighted by atomic mass is 10.1. The zero-order valence-electron chi connectivity index (χ0n) is 13.2. The Kier molecular flexibility index (Phi) is 5.26. The third-order valence-corrected chi connectivity index (χ3v) is 3.43. The average Bonchev–Trinajstić information content (AvgIpc) is 2.51. The van der Waals surface area contributed by atoms with Gasteiger partial charge in [-0.2, -0.15) is 13.2 Å². The van der Waals surface area contributed by atoms with Gasteiger partial charge in [0.25, 0.3) is 11.6 Å².